The Kier molecular flexibility index (Phi) is 5.92. The highest BCUT2D eigenvalue weighted by Gasteiger charge is 2.08. The van der Waals surface area contributed by atoms with E-state index in [-0.39, 0.29) is 11.1 Å². The van der Waals surface area contributed by atoms with Crippen LogP contribution in [0.5, 0.6) is 5.75 Å². The van der Waals surface area contributed by atoms with Crippen LogP contribution in [0, 0.1) is 17.1 Å². The number of allylic oxidation sites excluding steroid dienone is 1. The Morgan fingerprint density at radius 1 is 0.933 bits per heavy atom. The van der Waals surface area contributed by atoms with Crippen molar-refractivity contribution < 1.29 is 9.13 Å². The Hall–Kier alpha value is -3.42. The third-order valence-corrected chi connectivity index (χ3v) is 5.38. The maximum absolute atomic E-state index is 14.0. The molecule has 4 aromatic rings. The molecule has 2 nitrogen and oxygen atoms in total. The molecule has 4 aromatic carbocycles. The van der Waals surface area contributed by atoms with Crippen molar-refractivity contribution in [2.75, 3.05) is 0 Å². The number of rotatable bonds is 5. The van der Waals surface area contributed by atoms with E-state index in [0.29, 0.717) is 12.4 Å². The number of hydrogen-bond acceptors (Lipinski definition) is 2. The van der Waals surface area contributed by atoms with E-state index in [1.54, 1.807) is 24.3 Å². The number of fused-ring (bicyclic) bond motifs is 1. The molecule has 0 heterocycles. The van der Waals surface area contributed by atoms with E-state index in [4.69, 9.17) is 4.74 Å². The first-order chi connectivity index (χ1) is 14.6. The molecule has 30 heavy (non-hydrogen) atoms. The van der Waals surface area contributed by atoms with Crippen molar-refractivity contribution in [2.24, 2.45) is 0 Å². The van der Waals surface area contributed by atoms with E-state index in [9.17, 15) is 9.65 Å². The lowest BCUT2D eigenvalue weighted by atomic mass is 10.0. The molecule has 0 aliphatic rings. The van der Waals surface area contributed by atoms with Crippen LogP contribution in [0.2, 0.25) is 0 Å². The molecular weight excluding hydrogens is 441 g/mol. The first-order valence-corrected chi connectivity index (χ1v) is 10.2. The van der Waals surface area contributed by atoms with Crippen molar-refractivity contribution in [1.29, 1.82) is 5.26 Å². The molecule has 0 aromatic heterocycles. The standard InChI is InChI=1S/C26H17BrFNO/c27-24-15-18(13-22(16-29)23-7-3-4-8-25(23)28)10-12-26(24)30-17-19-9-11-20-5-1-2-6-21(20)14-19/h1-15H,17H2/b22-13-. The van der Waals surface area contributed by atoms with Crippen LogP contribution in [0.15, 0.2) is 89.4 Å². The Labute approximate surface area is 183 Å². The molecular formula is C26H17BrFNO. The van der Waals surface area contributed by atoms with Crippen LogP contribution >= 0.6 is 15.9 Å². The van der Waals surface area contributed by atoms with E-state index in [1.165, 1.54) is 16.8 Å². The summed E-state index contributed by atoms with van der Waals surface area (Å²) in [5.41, 5.74) is 2.41. The van der Waals surface area contributed by atoms with Crippen LogP contribution in [0.1, 0.15) is 16.7 Å². The number of nitriles is 1. The first-order valence-electron chi connectivity index (χ1n) is 9.41. The molecule has 0 saturated carbocycles. The zero-order chi connectivity index (χ0) is 20.9. The molecule has 0 atom stereocenters. The highest BCUT2D eigenvalue weighted by atomic mass is 79.9. The number of hydrogen-bond donors (Lipinski definition) is 0. The molecule has 4 rings (SSSR count). The Bertz CT molecular complexity index is 1290. The van der Waals surface area contributed by atoms with E-state index < -0.39 is 5.82 Å². The SMILES string of the molecule is N#C/C(=C/c1ccc(OCc2ccc3ccccc3c2)c(Br)c1)c1ccccc1F. The Morgan fingerprint density at radius 3 is 2.47 bits per heavy atom. The fraction of sp³-hybridized carbons (Fsp3) is 0.0385. The van der Waals surface area contributed by atoms with Gasteiger partial charge in [0, 0.05) is 5.56 Å². The third kappa shape index (κ3) is 4.42. The highest BCUT2D eigenvalue weighted by molar-refractivity contribution is 9.10. The van der Waals surface area contributed by atoms with Crippen LogP contribution in [-0.2, 0) is 6.61 Å². The Morgan fingerprint density at radius 2 is 1.70 bits per heavy atom. The molecule has 146 valence electrons. The summed E-state index contributed by atoms with van der Waals surface area (Å²) < 4.78 is 20.7. The lowest BCUT2D eigenvalue weighted by Gasteiger charge is -2.10. The molecule has 0 N–H and O–H groups in total. The van der Waals surface area contributed by atoms with Gasteiger partial charge in [-0.2, -0.15) is 5.26 Å². The average Bonchev–Trinajstić information content (AvgIpc) is 2.77. The van der Waals surface area contributed by atoms with Gasteiger partial charge in [0.05, 0.1) is 16.1 Å². The zero-order valence-electron chi connectivity index (χ0n) is 16.0. The molecule has 0 aliphatic carbocycles. The fourth-order valence-corrected chi connectivity index (χ4v) is 3.74. The summed E-state index contributed by atoms with van der Waals surface area (Å²) in [4.78, 5) is 0. The van der Waals surface area contributed by atoms with Crippen molar-refractivity contribution >= 4 is 38.4 Å². The smallest absolute Gasteiger partial charge is 0.134 e. The largest absolute Gasteiger partial charge is 0.488 e. The van der Waals surface area contributed by atoms with Gasteiger partial charge in [0.25, 0.3) is 0 Å². The second-order valence-electron chi connectivity index (χ2n) is 6.81. The van der Waals surface area contributed by atoms with E-state index in [2.05, 4.69) is 52.3 Å². The summed E-state index contributed by atoms with van der Waals surface area (Å²) in [6, 6.07) is 28.3. The number of ether oxygens (including phenoxy) is 1. The van der Waals surface area contributed by atoms with Gasteiger partial charge >= 0.3 is 0 Å². The topological polar surface area (TPSA) is 33.0 Å². The summed E-state index contributed by atoms with van der Waals surface area (Å²) >= 11 is 3.53. The predicted molar refractivity (Wildman–Crippen MR) is 122 cm³/mol. The molecule has 0 saturated heterocycles. The monoisotopic (exact) mass is 457 g/mol. The molecule has 0 unspecified atom stereocenters. The summed E-state index contributed by atoms with van der Waals surface area (Å²) in [5.74, 6) is 0.282. The minimum atomic E-state index is -0.417. The first kappa shape index (κ1) is 19.9. The van der Waals surface area contributed by atoms with Gasteiger partial charge in [0.15, 0.2) is 0 Å². The molecule has 0 radical (unpaired) electrons. The molecule has 0 amide bonds. The molecule has 0 spiro atoms. The van der Waals surface area contributed by atoms with E-state index in [0.717, 1.165) is 15.6 Å². The van der Waals surface area contributed by atoms with Crippen LogP contribution in [-0.4, -0.2) is 0 Å². The normalized spacial score (nSPS) is 11.3. The van der Waals surface area contributed by atoms with Gasteiger partial charge in [-0.25, -0.2) is 4.39 Å². The van der Waals surface area contributed by atoms with Crippen LogP contribution in [0.3, 0.4) is 0 Å². The van der Waals surface area contributed by atoms with Gasteiger partial charge in [-0.15, -0.1) is 0 Å². The predicted octanol–water partition coefficient (Wildman–Crippen LogP) is 7.38. The average molecular weight is 458 g/mol. The minimum Gasteiger partial charge on any atom is -0.488 e. The summed E-state index contributed by atoms with van der Waals surface area (Å²) in [6.45, 7) is 0.442. The molecule has 0 aliphatic heterocycles. The van der Waals surface area contributed by atoms with Crippen LogP contribution < -0.4 is 4.74 Å². The van der Waals surface area contributed by atoms with Crippen molar-refractivity contribution in [3.63, 3.8) is 0 Å². The van der Waals surface area contributed by atoms with Crippen LogP contribution in [0.4, 0.5) is 4.39 Å². The minimum absolute atomic E-state index is 0.268. The third-order valence-electron chi connectivity index (χ3n) is 4.76. The maximum Gasteiger partial charge on any atom is 0.134 e. The second kappa shape index (κ2) is 8.94. The van der Waals surface area contributed by atoms with Gasteiger partial charge in [-0.3, -0.25) is 0 Å². The van der Waals surface area contributed by atoms with Crippen molar-refractivity contribution in [3.8, 4) is 11.8 Å². The molecule has 0 fully saturated rings. The van der Waals surface area contributed by atoms with Crippen LogP contribution in [0.25, 0.3) is 22.4 Å². The van der Waals surface area contributed by atoms with Crippen molar-refractivity contribution in [3.05, 3.63) is 112 Å². The van der Waals surface area contributed by atoms with Gasteiger partial charge in [-0.05, 0) is 68.2 Å². The quantitative estimate of drug-likeness (QED) is 0.231. The fourth-order valence-electron chi connectivity index (χ4n) is 3.23. The van der Waals surface area contributed by atoms with Crippen molar-refractivity contribution in [1.82, 2.24) is 0 Å². The van der Waals surface area contributed by atoms with Gasteiger partial charge in [-0.1, -0.05) is 60.7 Å². The van der Waals surface area contributed by atoms with Gasteiger partial charge in [0.2, 0.25) is 0 Å². The molecule has 4 heteroatoms. The summed E-state index contributed by atoms with van der Waals surface area (Å²) in [5, 5.41) is 11.8. The Balaban J connectivity index is 1.52. The number of benzene rings is 4. The second-order valence-corrected chi connectivity index (χ2v) is 7.66. The lowest BCUT2D eigenvalue weighted by molar-refractivity contribution is 0.304. The number of nitrogens with zero attached hydrogens (tertiary/aromatic N) is 1. The lowest BCUT2D eigenvalue weighted by Crippen LogP contribution is -1.96. The molecule has 0 bridgehead atoms. The zero-order valence-corrected chi connectivity index (χ0v) is 17.6. The summed E-state index contributed by atoms with van der Waals surface area (Å²) in [6.07, 6.45) is 1.66. The van der Waals surface area contributed by atoms with Gasteiger partial charge in [0.1, 0.15) is 18.2 Å². The van der Waals surface area contributed by atoms with Gasteiger partial charge < -0.3 is 4.74 Å². The highest BCUT2D eigenvalue weighted by Crippen LogP contribution is 2.29. The summed E-state index contributed by atoms with van der Waals surface area (Å²) in [7, 11) is 0. The van der Waals surface area contributed by atoms with E-state index >= 15 is 0 Å². The van der Waals surface area contributed by atoms with E-state index in [1.807, 2.05) is 30.3 Å². The number of halogens is 2. The maximum atomic E-state index is 14.0. The van der Waals surface area contributed by atoms with Crippen molar-refractivity contribution in [2.45, 2.75) is 6.61 Å².